The molecule has 0 bridgehead atoms. The highest BCUT2D eigenvalue weighted by Crippen LogP contribution is 2.45. The van der Waals surface area contributed by atoms with Crippen LogP contribution in [0.1, 0.15) is 79.0 Å². The van der Waals surface area contributed by atoms with Crippen LogP contribution in [0, 0.1) is 6.92 Å². The number of carbonyl (C=O) groups is 3. The fourth-order valence-electron chi connectivity index (χ4n) is 4.72. The minimum atomic E-state index is -1.07. The van der Waals surface area contributed by atoms with E-state index in [0.717, 1.165) is 37.0 Å². The zero-order valence-corrected chi connectivity index (χ0v) is 26.5. The molecule has 1 fully saturated rings. The third kappa shape index (κ3) is 6.88. The van der Waals surface area contributed by atoms with Crippen LogP contribution in [0.25, 0.3) is 5.76 Å². The standard InChI is InChI=1S/C33H38N2O8S/c1-6-9-17-42-23-14-11-21(12-15-23)28(36)26-27(22-13-16-24(43-18-10-7-2)25(19-22)41-8-3)35(31(38)29(26)37)33-34-20(4)30(44-33)32(39)40-5/h11-16,19,27,36H,6-10,17-18H2,1-5H3/b28-26+. The number of benzene rings is 2. The molecule has 0 aliphatic carbocycles. The number of thiazole rings is 1. The second-order valence-electron chi connectivity index (χ2n) is 10.1. The molecule has 3 aromatic rings. The molecule has 0 spiro atoms. The van der Waals surface area contributed by atoms with Crippen molar-refractivity contribution in [3.05, 3.63) is 69.7 Å². The number of hydrogen-bond donors (Lipinski definition) is 1. The molecule has 1 aliphatic rings. The summed E-state index contributed by atoms with van der Waals surface area (Å²) in [7, 11) is 1.26. The summed E-state index contributed by atoms with van der Waals surface area (Å²) >= 11 is 0.936. The number of Topliss-reactive ketones (excluding diaryl/α,β-unsaturated/α-hetero) is 1. The van der Waals surface area contributed by atoms with Crippen molar-refractivity contribution >= 4 is 39.9 Å². The molecule has 1 saturated heterocycles. The van der Waals surface area contributed by atoms with Gasteiger partial charge in [0.05, 0.1) is 44.2 Å². The smallest absolute Gasteiger partial charge is 0.350 e. The summed E-state index contributed by atoms with van der Waals surface area (Å²) in [6.45, 7) is 9.03. The van der Waals surface area contributed by atoms with E-state index in [1.54, 1.807) is 49.4 Å². The third-order valence-electron chi connectivity index (χ3n) is 7.04. The van der Waals surface area contributed by atoms with Crippen LogP contribution < -0.4 is 19.1 Å². The molecule has 1 unspecified atom stereocenters. The van der Waals surface area contributed by atoms with Crippen LogP contribution in [-0.2, 0) is 14.3 Å². The van der Waals surface area contributed by atoms with Crippen molar-refractivity contribution in [2.24, 2.45) is 0 Å². The van der Waals surface area contributed by atoms with Gasteiger partial charge in [-0.05, 0) is 68.7 Å². The molecule has 2 aromatic carbocycles. The number of aryl methyl sites for hydroxylation is 1. The van der Waals surface area contributed by atoms with Gasteiger partial charge in [-0.3, -0.25) is 14.5 Å². The number of aromatic nitrogens is 1. The lowest BCUT2D eigenvalue weighted by Crippen LogP contribution is -2.29. The number of aliphatic hydroxyl groups excluding tert-OH is 1. The first-order valence-corrected chi connectivity index (χ1v) is 15.6. The van der Waals surface area contributed by atoms with Crippen molar-refractivity contribution < 1.29 is 38.4 Å². The van der Waals surface area contributed by atoms with Gasteiger partial charge in [-0.1, -0.05) is 44.1 Å². The van der Waals surface area contributed by atoms with E-state index in [2.05, 4.69) is 18.8 Å². The second-order valence-corrected chi connectivity index (χ2v) is 11.1. The van der Waals surface area contributed by atoms with E-state index in [-0.39, 0.29) is 21.3 Å². The number of nitrogens with zero attached hydrogens (tertiary/aromatic N) is 2. The average molecular weight is 623 g/mol. The van der Waals surface area contributed by atoms with Gasteiger partial charge in [0, 0.05) is 5.56 Å². The number of amides is 1. The fourth-order valence-corrected chi connectivity index (χ4v) is 5.73. The number of rotatable bonds is 14. The van der Waals surface area contributed by atoms with Gasteiger partial charge >= 0.3 is 11.9 Å². The van der Waals surface area contributed by atoms with Gasteiger partial charge in [0.1, 0.15) is 16.4 Å². The lowest BCUT2D eigenvalue weighted by molar-refractivity contribution is -0.132. The van der Waals surface area contributed by atoms with Crippen LogP contribution >= 0.6 is 11.3 Å². The van der Waals surface area contributed by atoms with Crippen LogP contribution in [0.15, 0.2) is 48.0 Å². The first kappa shape index (κ1) is 32.5. The van der Waals surface area contributed by atoms with E-state index in [1.165, 1.54) is 12.0 Å². The molecule has 10 nitrogen and oxygen atoms in total. The zero-order chi connectivity index (χ0) is 31.8. The van der Waals surface area contributed by atoms with Crippen molar-refractivity contribution in [1.82, 2.24) is 4.98 Å². The van der Waals surface area contributed by atoms with Gasteiger partial charge in [-0.2, -0.15) is 0 Å². The number of esters is 1. The largest absolute Gasteiger partial charge is 0.507 e. The number of ketones is 1. The maximum atomic E-state index is 13.7. The molecule has 0 radical (unpaired) electrons. The minimum Gasteiger partial charge on any atom is -0.507 e. The number of aliphatic hydroxyl groups is 1. The Labute approximate surface area is 261 Å². The molecule has 1 amide bonds. The van der Waals surface area contributed by atoms with Gasteiger partial charge in [0.25, 0.3) is 5.78 Å². The Morgan fingerprint density at radius 1 is 0.955 bits per heavy atom. The molecule has 2 heterocycles. The van der Waals surface area contributed by atoms with Crippen molar-refractivity contribution in [2.45, 2.75) is 59.4 Å². The predicted molar refractivity (Wildman–Crippen MR) is 168 cm³/mol. The number of unbranched alkanes of at least 4 members (excludes halogenated alkanes) is 2. The number of ether oxygens (including phenoxy) is 4. The molecule has 1 N–H and O–H groups in total. The zero-order valence-electron chi connectivity index (χ0n) is 25.7. The summed E-state index contributed by atoms with van der Waals surface area (Å²) in [6.07, 6.45) is 3.73. The van der Waals surface area contributed by atoms with Crippen LogP contribution in [0.2, 0.25) is 0 Å². The van der Waals surface area contributed by atoms with Gasteiger partial charge in [-0.25, -0.2) is 9.78 Å². The summed E-state index contributed by atoms with van der Waals surface area (Å²) in [5, 5.41) is 11.7. The van der Waals surface area contributed by atoms with Gasteiger partial charge in [-0.15, -0.1) is 0 Å². The van der Waals surface area contributed by atoms with E-state index in [1.807, 2.05) is 6.92 Å². The number of methoxy groups -OCH3 is 1. The van der Waals surface area contributed by atoms with E-state index in [4.69, 9.17) is 18.9 Å². The minimum absolute atomic E-state index is 0.120. The lowest BCUT2D eigenvalue weighted by atomic mass is 9.95. The Kier molecular flexibility index (Phi) is 11.0. The Hall–Kier alpha value is -4.38. The Bertz CT molecular complexity index is 1530. The van der Waals surface area contributed by atoms with Gasteiger partial charge in [0.2, 0.25) is 0 Å². The Morgan fingerprint density at radius 3 is 2.27 bits per heavy atom. The molecule has 4 rings (SSSR count). The summed E-state index contributed by atoms with van der Waals surface area (Å²) in [5.74, 6) is -1.14. The first-order valence-electron chi connectivity index (χ1n) is 14.7. The Morgan fingerprint density at radius 2 is 1.64 bits per heavy atom. The molecule has 1 aliphatic heterocycles. The molecule has 1 atom stereocenters. The first-order chi connectivity index (χ1) is 21.2. The second kappa shape index (κ2) is 14.9. The SMILES string of the molecule is CCCCOc1ccc(/C(O)=C2\C(=O)C(=O)N(c3nc(C)c(C(=O)OC)s3)C2c2ccc(OCCCC)c(OCC)c2)cc1. The van der Waals surface area contributed by atoms with Crippen molar-refractivity contribution in [3.8, 4) is 17.2 Å². The summed E-state index contributed by atoms with van der Waals surface area (Å²) in [6, 6.07) is 10.8. The lowest BCUT2D eigenvalue weighted by Gasteiger charge is -2.24. The summed E-state index contributed by atoms with van der Waals surface area (Å²) < 4.78 is 22.4. The summed E-state index contributed by atoms with van der Waals surface area (Å²) in [4.78, 5) is 45.6. The molecular formula is C33H38N2O8S. The van der Waals surface area contributed by atoms with Gasteiger partial charge in [0.15, 0.2) is 16.6 Å². The molecule has 0 saturated carbocycles. The number of hydrogen-bond acceptors (Lipinski definition) is 10. The van der Waals surface area contributed by atoms with Crippen molar-refractivity contribution in [3.63, 3.8) is 0 Å². The van der Waals surface area contributed by atoms with Crippen LogP contribution in [0.3, 0.4) is 0 Å². The highest BCUT2D eigenvalue weighted by Gasteiger charge is 2.48. The maximum absolute atomic E-state index is 13.7. The van der Waals surface area contributed by atoms with E-state index in [0.29, 0.717) is 53.9 Å². The highest BCUT2D eigenvalue weighted by atomic mass is 32.1. The van der Waals surface area contributed by atoms with Crippen LogP contribution in [0.5, 0.6) is 17.2 Å². The van der Waals surface area contributed by atoms with Gasteiger partial charge < -0.3 is 24.1 Å². The topological polar surface area (TPSA) is 124 Å². The summed E-state index contributed by atoms with van der Waals surface area (Å²) in [5.41, 5.74) is 1.06. The fraction of sp³-hybridized carbons (Fsp3) is 0.394. The third-order valence-corrected chi connectivity index (χ3v) is 8.18. The molecule has 44 heavy (non-hydrogen) atoms. The predicted octanol–water partition coefficient (Wildman–Crippen LogP) is 6.62. The van der Waals surface area contributed by atoms with Crippen LogP contribution in [0.4, 0.5) is 5.13 Å². The maximum Gasteiger partial charge on any atom is 0.350 e. The molecule has 1 aromatic heterocycles. The monoisotopic (exact) mass is 622 g/mol. The van der Waals surface area contributed by atoms with E-state index >= 15 is 0 Å². The van der Waals surface area contributed by atoms with E-state index in [9.17, 15) is 19.5 Å². The highest BCUT2D eigenvalue weighted by molar-refractivity contribution is 7.17. The van der Waals surface area contributed by atoms with Crippen molar-refractivity contribution in [2.75, 3.05) is 31.8 Å². The normalized spacial score (nSPS) is 15.8. The quantitative estimate of drug-likeness (QED) is 0.0694. The molecular weight excluding hydrogens is 584 g/mol. The molecule has 234 valence electrons. The average Bonchev–Trinajstić information content (AvgIpc) is 3.53. The van der Waals surface area contributed by atoms with E-state index < -0.39 is 23.7 Å². The van der Waals surface area contributed by atoms with Crippen LogP contribution in [-0.4, -0.2) is 54.7 Å². The number of carbonyl (C=O) groups excluding carboxylic acids is 3. The Balaban J connectivity index is 1.85. The van der Waals surface area contributed by atoms with Crippen molar-refractivity contribution in [1.29, 1.82) is 0 Å². The molecule has 11 heteroatoms. The number of anilines is 1.